The number of aliphatic hydroxyl groups is 1. The van der Waals surface area contributed by atoms with Crippen molar-refractivity contribution in [3.05, 3.63) is 0 Å². The van der Waals surface area contributed by atoms with Crippen LogP contribution in [0.5, 0.6) is 0 Å². The molecule has 0 aromatic carbocycles. The summed E-state index contributed by atoms with van der Waals surface area (Å²) < 4.78 is 20.2. The molecule has 7 atom stereocenters. The van der Waals surface area contributed by atoms with Gasteiger partial charge in [-0.25, -0.2) is 0 Å². The van der Waals surface area contributed by atoms with Crippen molar-refractivity contribution in [2.24, 2.45) is 17.8 Å². The number of halogens is 1. The number of alkyl halides is 1. The topological polar surface area (TPSA) is 91.3 Å². The van der Waals surface area contributed by atoms with E-state index in [9.17, 15) is 14.7 Å². The largest absolute Gasteiger partial charge is 0.459 e. The summed E-state index contributed by atoms with van der Waals surface area (Å²) in [6.07, 6.45) is -2.40. The van der Waals surface area contributed by atoms with Crippen molar-refractivity contribution in [2.75, 3.05) is 14.2 Å². The predicted octanol–water partition coefficient (Wildman–Crippen LogP) is -0.803. The predicted molar refractivity (Wildman–Crippen MR) is 64.6 cm³/mol. The molecule has 4 fully saturated rings. The summed E-state index contributed by atoms with van der Waals surface area (Å²) in [5.74, 6) is -4.13. The molecule has 110 valence electrons. The lowest BCUT2D eigenvalue weighted by Gasteiger charge is -2.38. The standard InChI is InChI=1S/C12H13BrO7/c1-17-12(18-2)5-3-4-8(20-10(16)11(4,12)13)6(14)7(3)19-9(5)15/h3-8,14H,1-2H3/t3-,4-,5+,6-,7+,8-,11+/m1/s1. The Morgan fingerprint density at radius 1 is 1.20 bits per heavy atom. The first-order valence-corrected chi connectivity index (χ1v) is 7.12. The third-order valence-electron chi connectivity index (χ3n) is 5.23. The van der Waals surface area contributed by atoms with Crippen LogP contribution < -0.4 is 0 Å². The molecule has 0 amide bonds. The molecule has 2 aliphatic carbocycles. The van der Waals surface area contributed by atoms with Gasteiger partial charge in [0.2, 0.25) is 5.79 Å². The highest BCUT2D eigenvalue weighted by atomic mass is 79.9. The monoisotopic (exact) mass is 348 g/mol. The Hall–Kier alpha value is -0.700. The smallest absolute Gasteiger partial charge is 0.329 e. The Labute approximate surface area is 122 Å². The van der Waals surface area contributed by atoms with Gasteiger partial charge in [-0.05, 0) is 0 Å². The molecule has 2 saturated carbocycles. The Morgan fingerprint density at radius 2 is 1.85 bits per heavy atom. The van der Waals surface area contributed by atoms with Gasteiger partial charge in [0, 0.05) is 26.1 Å². The minimum atomic E-state index is -1.49. The number of ether oxygens (including phenoxy) is 4. The molecule has 2 saturated heterocycles. The Morgan fingerprint density at radius 3 is 2.45 bits per heavy atom. The molecule has 20 heavy (non-hydrogen) atoms. The zero-order valence-electron chi connectivity index (χ0n) is 10.7. The molecule has 8 heteroatoms. The van der Waals surface area contributed by atoms with Gasteiger partial charge >= 0.3 is 11.9 Å². The van der Waals surface area contributed by atoms with Gasteiger partial charge in [-0.15, -0.1) is 0 Å². The number of hydrogen-bond donors (Lipinski definition) is 1. The SMILES string of the molecule is COC1(OC)[C@@H]2C(=O)O[C@@H]3[C@@H](O)[C@@H]4OC(=O)[C@@]1(Br)[C@@H]4[C@@H]32. The van der Waals surface area contributed by atoms with Crippen LogP contribution in [0.2, 0.25) is 0 Å². The highest BCUT2D eigenvalue weighted by molar-refractivity contribution is 9.10. The summed E-state index contributed by atoms with van der Waals surface area (Å²) in [5, 5.41) is 10.2. The highest BCUT2D eigenvalue weighted by Crippen LogP contribution is 2.69. The average molecular weight is 349 g/mol. The van der Waals surface area contributed by atoms with Crippen LogP contribution in [0, 0.1) is 17.8 Å². The van der Waals surface area contributed by atoms with Crippen molar-refractivity contribution in [1.82, 2.24) is 0 Å². The molecular formula is C12H13BrO7. The van der Waals surface area contributed by atoms with E-state index >= 15 is 0 Å². The summed E-state index contributed by atoms with van der Waals surface area (Å²) >= 11 is 3.42. The van der Waals surface area contributed by atoms with Crippen LogP contribution in [0.3, 0.4) is 0 Å². The molecule has 0 bridgehead atoms. The number of carbonyl (C=O) groups excluding carboxylic acids is 2. The van der Waals surface area contributed by atoms with E-state index in [4.69, 9.17) is 18.9 Å². The second-order valence-electron chi connectivity index (χ2n) is 5.63. The lowest BCUT2D eigenvalue weighted by molar-refractivity contribution is -0.241. The van der Waals surface area contributed by atoms with Crippen molar-refractivity contribution in [1.29, 1.82) is 0 Å². The molecule has 0 aromatic rings. The van der Waals surface area contributed by atoms with Gasteiger partial charge in [0.05, 0.1) is 0 Å². The van der Waals surface area contributed by atoms with Crippen molar-refractivity contribution in [2.45, 2.75) is 28.4 Å². The van der Waals surface area contributed by atoms with E-state index in [0.29, 0.717) is 0 Å². The molecule has 2 aliphatic heterocycles. The van der Waals surface area contributed by atoms with Crippen LogP contribution in [0.1, 0.15) is 0 Å². The summed E-state index contributed by atoms with van der Waals surface area (Å²) in [7, 11) is 2.76. The van der Waals surface area contributed by atoms with Crippen LogP contribution in [0.25, 0.3) is 0 Å². The minimum Gasteiger partial charge on any atom is -0.459 e. The van der Waals surface area contributed by atoms with E-state index in [2.05, 4.69) is 15.9 Å². The zero-order valence-corrected chi connectivity index (χ0v) is 12.3. The van der Waals surface area contributed by atoms with Gasteiger partial charge in [-0.3, -0.25) is 9.59 Å². The fourth-order valence-corrected chi connectivity index (χ4v) is 5.81. The van der Waals surface area contributed by atoms with Crippen LogP contribution >= 0.6 is 15.9 Å². The lowest BCUT2D eigenvalue weighted by Crippen LogP contribution is -2.58. The second-order valence-corrected chi connectivity index (χ2v) is 6.88. The molecule has 0 aromatic heterocycles. The maximum atomic E-state index is 12.3. The van der Waals surface area contributed by atoms with Gasteiger partial charge in [0.25, 0.3) is 0 Å². The molecule has 1 N–H and O–H groups in total. The first kappa shape index (κ1) is 13.0. The van der Waals surface area contributed by atoms with Crippen LogP contribution in [0.15, 0.2) is 0 Å². The van der Waals surface area contributed by atoms with E-state index in [1.54, 1.807) is 0 Å². The summed E-state index contributed by atoms with van der Waals surface area (Å²) in [4.78, 5) is 24.5. The maximum Gasteiger partial charge on any atom is 0.329 e. The molecule has 0 spiro atoms. The second kappa shape index (κ2) is 3.55. The van der Waals surface area contributed by atoms with E-state index < -0.39 is 52.2 Å². The highest BCUT2D eigenvalue weighted by Gasteiger charge is 2.88. The third-order valence-corrected chi connectivity index (χ3v) is 6.64. The molecule has 4 rings (SSSR count). The van der Waals surface area contributed by atoms with Crippen molar-refractivity contribution < 1.29 is 33.6 Å². The minimum absolute atomic E-state index is 0.367. The fraction of sp³-hybridized carbons (Fsp3) is 0.833. The Bertz CT molecular complexity index is 518. The summed E-state index contributed by atoms with van der Waals surface area (Å²) in [6.45, 7) is 0. The lowest BCUT2D eigenvalue weighted by atomic mass is 9.90. The van der Waals surface area contributed by atoms with Crippen molar-refractivity contribution >= 4 is 27.9 Å². The molecular weight excluding hydrogens is 336 g/mol. The quantitative estimate of drug-likeness (QED) is 0.396. The fourth-order valence-electron chi connectivity index (χ4n) is 4.58. The Kier molecular flexibility index (Phi) is 2.30. The van der Waals surface area contributed by atoms with Gasteiger partial charge in [-0.1, -0.05) is 15.9 Å². The third kappa shape index (κ3) is 0.985. The van der Waals surface area contributed by atoms with E-state index in [1.165, 1.54) is 14.2 Å². The van der Waals surface area contributed by atoms with Gasteiger partial charge in [-0.2, -0.15) is 0 Å². The van der Waals surface area contributed by atoms with Crippen molar-refractivity contribution in [3.8, 4) is 0 Å². The van der Waals surface area contributed by atoms with Crippen LogP contribution in [-0.4, -0.2) is 59.7 Å². The van der Waals surface area contributed by atoms with E-state index in [1.807, 2.05) is 0 Å². The van der Waals surface area contributed by atoms with E-state index in [-0.39, 0.29) is 5.92 Å². The van der Waals surface area contributed by atoms with Crippen LogP contribution in [-0.2, 0) is 28.5 Å². The zero-order chi connectivity index (χ0) is 14.4. The van der Waals surface area contributed by atoms with Gasteiger partial charge in [0.15, 0.2) is 4.32 Å². The van der Waals surface area contributed by atoms with Crippen LogP contribution in [0.4, 0.5) is 0 Å². The molecule has 7 nitrogen and oxygen atoms in total. The number of aliphatic hydroxyl groups excluding tert-OH is 1. The maximum absolute atomic E-state index is 12.3. The first-order valence-electron chi connectivity index (χ1n) is 6.33. The van der Waals surface area contributed by atoms with Crippen molar-refractivity contribution in [3.63, 3.8) is 0 Å². The van der Waals surface area contributed by atoms with Gasteiger partial charge < -0.3 is 24.1 Å². The Balaban J connectivity index is 1.97. The summed E-state index contributed by atoms with van der Waals surface area (Å²) in [5.41, 5.74) is 0. The molecule has 0 radical (unpaired) electrons. The normalized spacial score (nSPS) is 54.0. The first-order chi connectivity index (χ1) is 9.44. The molecule has 4 aliphatic rings. The molecule has 2 heterocycles. The van der Waals surface area contributed by atoms with E-state index in [0.717, 1.165) is 0 Å². The summed E-state index contributed by atoms with van der Waals surface area (Å²) in [6, 6.07) is 0. The number of esters is 2. The number of methoxy groups -OCH3 is 2. The number of carbonyl (C=O) groups is 2. The number of rotatable bonds is 2. The molecule has 0 unspecified atom stereocenters. The number of hydrogen-bond acceptors (Lipinski definition) is 7. The van der Waals surface area contributed by atoms with Gasteiger partial charge in [0.1, 0.15) is 24.2 Å². The average Bonchev–Trinajstić information content (AvgIpc) is 3.04.